The van der Waals surface area contributed by atoms with Gasteiger partial charge in [-0.2, -0.15) is 0 Å². The Morgan fingerprint density at radius 3 is 2.69 bits per heavy atom. The number of nitro groups is 1. The van der Waals surface area contributed by atoms with E-state index in [0.717, 1.165) is 10.0 Å². The minimum atomic E-state index is -0.637. The van der Waals surface area contributed by atoms with Gasteiger partial charge in [-0.25, -0.2) is 10.1 Å². The smallest absolute Gasteiger partial charge is 0.260 e. The van der Waals surface area contributed by atoms with Gasteiger partial charge in [-0.1, -0.05) is 15.9 Å². The molecule has 2 N–H and O–H groups in total. The average molecular weight is 287 g/mol. The third kappa shape index (κ3) is 2.48. The Bertz CT molecular complexity index is 436. The van der Waals surface area contributed by atoms with Crippen LogP contribution in [0.1, 0.15) is 5.56 Å². The molecule has 1 aromatic rings. The molecule has 0 aliphatic carbocycles. The number of benzene rings is 1. The van der Waals surface area contributed by atoms with Crippen molar-refractivity contribution in [2.45, 2.75) is 6.92 Å². The van der Waals surface area contributed by atoms with Crippen LogP contribution in [0.25, 0.3) is 0 Å². The SMILES string of the molecule is CNC(=N)N(c1ccc(Br)c(C)c1)[N+](=O)[O-]. The van der Waals surface area contributed by atoms with Crippen LogP contribution in [0, 0.1) is 22.4 Å². The number of halogens is 1. The van der Waals surface area contributed by atoms with Crippen LogP contribution in [0.5, 0.6) is 0 Å². The fourth-order valence-electron chi connectivity index (χ4n) is 1.17. The standard InChI is InChI=1S/C9H11BrN4O2/c1-6-5-7(3-4-8(6)10)13(14(15)16)9(11)12-2/h3-5H,1-2H3,(H2,11,12). The Hall–Kier alpha value is -1.63. The Labute approximate surface area is 101 Å². The molecule has 1 aromatic carbocycles. The fourth-order valence-corrected chi connectivity index (χ4v) is 1.42. The van der Waals surface area contributed by atoms with Gasteiger partial charge in [0.2, 0.25) is 0 Å². The summed E-state index contributed by atoms with van der Waals surface area (Å²) in [6.45, 7) is 1.83. The van der Waals surface area contributed by atoms with Crippen molar-refractivity contribution in [1.82, 2.24) is 5.32 Å². The number of guanidine groups is 1. The Balaban J connectivity index is 3.16. The fraction of sp³-hybridized carbons (Fsp3) is 0.222. The van der Waals surface area contributed by atoms with Gasteiger partial charge in [0.05, 0.1) is 0 Å². The van der Waals surface area contributed by atoms with E-state index in [4.69, 9.17) is 5.41 Å². The van der Waals surface area contributed by atoms with Crippen molar-refractivity contribution in [3.63, 3.8) is 0 Å². The molecule has 0 heterocycles. The average Bonchev–Trinajstić information content (AvgIpc) is 2.22. The summed E-state index contributed by atoms with van der Waals surface area (Å²) >= 11 is 3.31. The molecule has 0 spiro atoms. The maximum Gasteiger partial charge on any atom is 0.260 e. The number of hydrazine groups is 1. The highest BCUT2D eigenvalue weighted by Crippen LogP contribution is 2.22. The molecule has 6 nitrogen and oxygen atoms in total. The molecular formula is C9H11BrN4O2. The van der Waals surface area contributed by atoms with Gasteiger partial charge in [-0.3, -0.25) is 5.41 Å². The summed E-state index contributed by atoms with van der Waals surface area (Å²) in [5.74, 6) is -0.285. The highest BCUT2D eigenvalue weighted by Gasteiger charge is 2.22. The molecule has 1 rings (SSSR count). The van der Waals surface area contributed by atoms with E-state index in [9.17, 15) is 10.1 Å². The van der Waals surface area contributed by atoms with E-state index < -0.39 is 5.03 Å². The summed E-state index contributed by atoms with van der Waals surface area (Å²) in [4.78, 5) is 10.8. The third-order valence-corrected chi connectivity index (χ3v) is 2.89. The van der Waals surface area contributed by atoms with Crippen molar-refractivity contribution in [2.75, 3.05) is 12.1 Å². The number of nitrogens with one attached hydrogen (secondary N) is 2. The maximum absolute atomic E-state index is 10.8. The van der Waals surface area contributed by atoms with Gasteiger partial charge in [0.15, 0.2) is 5.03 Å². The monoisotopic (exact) mass is 286 g/mol. The second kappa shape index (κ2) is 4.93. The molecule has 16 heavy (non-hydrogen) atoms. The number of nitrogens with zero attached hydrogens (tertiary/aromatic N) is 2. The van der Waals surface area contributed by atoms with Crippen molar-refractivity contribution in [2.24, 2.45) is 0 Å². The largest absolute Gasteiger partial charge is 0.355 e. The zero-order chi connectivity index (χ0) is 12.3. The number of rotatable bonds is 2. The molecule has 0 aromatic heterocycles. The molecule has 0 atom stereocenters. The Kier molecular flexibility index (Phi) is 3.83. The van der Waals surface area contributed by atoms with E-state index in [2.05, 4.69) is 21.2 Å². The summed E-state index contributed by atoms with van der Waals surface area (Å²) in [7, 11) is 1.46. The van der Waals surface area contributed by atoms with Crippen LogP contribution in [0.4, 0.5) is 5.69 Å². The molecular weight excluding hydrogens is 276 g/mol. The van der Waals surface area contributed by atoms with Gasteiger partial charge < -0.3 is 5.32 Å². The Morgan fingerprint density at radius 2 is 2.25 bits per heavy atom. The highest BCUT2D eigenvalue weighted by atomic mass is 79.9. The van der Waals surface area contributed by atoms with E-state index in [-0.39, 0.29) is 5.96 Å². The summed E-state index contributed by atoms with van der Waals surface area (Å²) in [6, 6.07) is 4.93. The van der Waals surface area contributed by atoms with Gasteiger partial charge in [0, 0.05) is 11.5 Å². The number of hydrogen-bond donors (Lipinski definition) is 2. The van der Waals surface area contributed by atoms with Crippen molar-refractivity contribution in [3.8, 4) is 0 Å². The second-order valence-corrected chi connectivity index (χ2v) is 3.94. The van der Waals surface area contributed by atoms with Crippen LogP contribution in [0.15, 0.2) is 22.7 Å². The minimum absolute atomic E-state index is 0.285. The molecule has 0 saturated heterocycles. The maximum atomic E-state index is 10.8. The van der Waals surface area contributed by atoms with Crippen LogP contribution < -0.4 is 10.3 Å². The lowest BCUT2D eigenvalue weighted by atomic mass is 10.2. The quantitative estimate of drug-likeness (QED) is 0.377. The lowest BCUT2D eigenvalue weighted by molar-refractivity contribution is -0.480. The van der Waals surface area contributed by atoms with E-state index in [0.29, 0.717) is 10.7 Å². The Morgan fingerprint density at radius 1 is 1.62 bits per heavy atom. The van der Waals surface area contributed by atoms with Crippen molar-refractivity contribution < 1.29 is 5.03 Å². The van der Waals surface area contributed by atoms with Gasteiger partial charge in [0.1, 0.15) is 5.69 Å². The first-order valence-electron chi connectivity index (χ1n) is 4.44. The molecule has 0 unspecified atom stereocenters. The van der Waals surface area contributed by atoms with Crippen LogP contribution in [0.2, 0.25) is 0 Å². The lowest BCUT2D eigenvalue weighted by Gasteiger charge is -2.14. The van der Waals surface area contributed by atoms with Gasteiger partial charge in [-0.05, 0) is 35.7 Å². The first-order valence-corrected chi connectivity index (χ1v) is 5.23. The first-order chi connectivity index (χ1) is 7.47. The molecule has 86 valence electrons. The van der Waals surface area contributed by atoms with Gasteiger partial charge >= 0.3 is 0 Å². The van der Waals surface area contributed by atoms with Crippen molar-refractivity contribution in [1.29, 1.82) is 5.41 Å². The van der Waals surface area contributed by atoms with E-state index in [1.54, 1.807) is 18.2 Å². The number of aryl methyl sites for hydroxylation is 1. The summed E-state index contributed by atoms with van der Waals surface area (Å²) in [5, 5.41) is 20.8. The number of hydrogen-bond acceptors (Lipinski definition) is 3. The highest BCUT2D eigenvalue weighted by molar-refractivity contribution is 9.10. The third-order valence-electron chi connectivity index (χ3n) is 2.00. The summed E-state index contributed by atoms with van der Waals surface area (Å²) in [5.41, 5.74) is 1.21. The van der Waals surface area contributed by atoms with E-state index in [1.165, 1.54) is 7.05 Å². The van der Waals surface area contributed by atoms with Gasteiger partial charge in [0.25, 0.3) is 5.96 Å². The molecule has 0 aliphatic heterocycles. The lowest BCUT2D eigenvalue weighted by Crippen LogP contribution is -2.42. The van der Waals surface area contributed by atoms with Gasteiger partial charge in [-0.15, -0.1) is 0 Å². The van der Waals surface area contributed by atoms with Crippen LogP contribution in [0.3, 0.4) is 0 Å². The zero-order valence-corrected chi connectivity index (χ0v) is 10.4. The molecule has 7 heteroatoms. The molecule has 0 aliphatic rings. The van der Waals surface area contributed by atoms with Crippen molar-refractivity contribution in [3.05, 3.63) is 38.3 Å². The van der Waals surface area contributed by atoms with E-state index in [1.807, 2.05) is 6.92 Å². The predicted molar refractivity (Wildman–Crippen MR) is 65.1 cm³/mol. The second-order valence-electron chi connectivity index (χ2n) is 3.08. The molecule has 0 saturated carbocycles. The molecule has 0 bridgehead atoms. The molecule has 0 amide bonds. The number of anilines is 1. The van der Waals surface area contributed by atoms with Crippen LogP contribution >= 0.6 is 15.9 Å². The van der Waals surface area contributed by atoms with Crippen LogP contribution in [-0.2, 0) is 0 Å². The first kappa shape index (κ1) is 12.4. The molecule has 0 fully saturated rings. The summed E-state index contributed by atoms with van der Waals surface area (Å²) in [6.07, 6.45) is 0. The van der Waals surface area contributed by atoms with E-state index >= 15 is 0 Å². The van der Waals surface area contributed by atoms with Crippen molar-refractivity contribution >= 4 is 27.6 Å². The minimum Gasteiger partial charge on any atom is -0.355 e. The molecule has 0 radical (unpaired) electrons. The summed E-state index contributed by atoms with van der Waals surface area (Å²) < 4.78 is 0.871. The normalized spacial score (nSPS) is 9.69. The van der Waals surface area contributed by atoms with Crippen LogP contribution in [-0.4, -0.2) is 18.0 Å². The predicted octanol–water partition coefficient (Wildman–Crippen LogP) is 1.91. The topological polar surface area (TPSA) is 82.3 Å². The zero-order valence-electron chi connectivity index (χ0n) is 8.82.